The predicted octanol–water partition coefficient (Wildman–Crippen LogP) is 4.93. The van der Waals surface area contributed by atoms with E-state index in [1.807, 2.05) is 6.92 Å². The van der Waals surface area contributed by atoms with Gasteiger partial charge in [0.05, 0.1) is 0 Å². The molecule has 2 amide bonds. The van der Waals surface area contributed by atoms with E-state index < -0.39 is 0 Å². The number of hydrogen-bond acceptors (Lipinski definition) is 4. The van der Waals surface area contributed by atoms with Crippen LogP contribution < -0.4 is 10.2 Å². The Morgan fingerprint density at radius 2 is 1.88 bits per heavy atom. The van der Waals surface area contributed by atoms with Crippen LogP contribution in [0.5, 0.6) is 0 Å². The average Bonchev–Trinajstić information content (AvgIpc) is 3.11. The fourth-order valence-corrected chi connectivity index (χ4v) is 3.16. The van der Waals surface area contributed by atoms with Crippen LogP contribution in [0.25, 0.3) is 10.6 Å². The molecule has 5 nitrogen and oxygen atoms in total. The van der Waals surface area contributed by atoms with E-state index in [9.17, 15) is 13.6 Å². The summed E-state index contributed by atoms with van der Waals surface area (Å²) in [7, 11) is 0. The number of amides is 2. The maximum Gasteiger partial charge on any atom is 0.328 e. The SMILES string of the molecule is CCCN(C(=O)Nc1ccc(F)cc1)c1nnc(-c2cccc(F)c2)s1. The van der Waals surface area contributed by atoms with Gasteiger partial charge in [-0.25, -0.2) is 13.6 Å². The van der Waals surface area contributed by atoms with Crippen molar-refractivity contribution in [3.05, 3.63) is 60.2 Å². The highest BCUT2D eigenvalue weighted by molar-refractivity contribution is 7.18. The van der Waals surface area contributed by atoms with Crippen molar-refractivity contribution in [2.24, 2.45) is 0 Å². The number of carbonyl (C=O) groups excluding carboxylic acids is 1. The number of urea groups is 1. The number of rotatable bonds is 5. The number of benzene rings is 2. The van der Waals surface area contributed by atoms with Gasteiger partial charge in [0, 0.05) is 17.8 Å². The van der Waals surface area contributed by atoms with Gasteiger partial charge in [0.15, 0.2) is 0 Å². The van der Waals surface area contributed by atoms with Gasteiger partial charge in [-0.1, -0.05) is 30.4 Å². The van der Waals surface area contributed by atoms with E-state index in [1.54, 1.807) is 12.1 Å². The minimum absolute atomic E-state index is 0.362. The van der Waals surface area contributed by atoms with E-state index in [4.69, 9.17) is 0 Å². The van der Waals surface area contributed by atoms with Crippen LogP contribution in [0.2, 0.25) is 0 Å². The Bertz CT molecular complexity index is 898. The zero-order chi connectivity index (χ0) is 18.5. The summed E-state index contributed by atoms with van der Waals surface area (Å²) in [4.78, 5) is 14.0. The molecule has 1 heterocycles. The van der Waals surface area contributed by atoms with Crippen LogP contribution in [0.4, 0.5) is 24.4 Å². The molecule has 0 aliphatic heterocycles. The van der Waals surface area contributed by atoms with Crippen LogP contribution in [-0.4, -0.2) is 22.8 Å². The van der Waals surface area contributed by atoms with E-state index in [0.717, 1.165) is 0 Å². The van der Waals surface area contributed by atoms with Gasteiger partial charge in [0.1, 0.15) is 16.6 Å². The standard InChI is InChI=1S/C18H16F2N4OS/c1-2-10-24(17(25)21-15-8-6-13(19)7-9-15)18-23-22-16(26-18)12-4-3-5-14(20)11-12/h3-9,11H,2,10H2,1H3,(H,21,25). The van der Waals surface area contributed by atoms with E-state index in [-0.39, 0.29) is 17.7 Å². The first-order valence-corrected chi connectivity index (χ1v) is 8.82. The van der Waals surface area contributed by atoms with Gasteiger partial charge >= 0.3 is 6.03 Å². The number of hydrogen-bond donors (Lipinski definition) is 1. The monoisotopic (exact) mass is 374 g/mol. The quantitative estimate of drug-likeness (QED) is 0.689. The van der Waals surface area contributed by atoms with Gasteiger partial charge in [-0.3, -0.25) is 4.90 Å². The topological polar surface area (TPSA) is 58.1 Å². The highest BCUT2D eigenvalue weighted by Crippen LogP contribution is 2.29. The lowest BCUT2D eigenvalue weighted by Crippen LogP contribution is -2.35. The summed E-state index contributed by atoms with van der Waals surface area (Å²) in [5.74, 6) is -0.740. The molecule has 0 saturated carbocycles. The molecule has 2 aromatic carbocycles. The molecular weight excluding hydrogens is 358 g/mol. The molecule has 0 aliphatic carbocycles. The molecule has 0 saturated heterocycles. The number of nitrogens with zero attached hydrogens (tertiary/aromatic N) is 3. The zero-order valence-electron chi connectivity index (χ0n) is 13.9. The fourth-order valence-electron chi connectivity index (χ4n) is 2.29. The molecule has 0 aliphatic rings. The van der Waals surface area contributed by atoms with Crippen LogP contribution in [0.1, 0.15) is 13.3 Å². The molecule has 1 aromatic heterocycles. The fraction of sp³-hybridized carbons (Fsp3) is 0.167. The highest BCUT2D eigenvalue weighted by atomic mass is 32.1. The minimum Gasteiger partial charge on any atom is -0.307 e. The number of nitrogens with one attached hydrogen (secondary N) is 1. The summed E-state index contributed by atoms with van der Waals surface area (Å²) in [6, 6.07) is 11.2. The molecular formula is C18H16F2N4OS. The Morgan fingerprint density at radius 1 is 1.12 bits per heavy atom. The summed E-state index contributed by atoms with van der Waals surface area (Å²) in [5, 5.41) is 11.8. The smallest absolute Gasteiger partial charge is 0.307 e. The molecule has 0 radical (unpaired) electrons. The first-order valence-electron chi connectivity index (χ1n) is 8.00. The van der Waals surface area contributed by atoms with Crippen molar-refractivity contribution in [2.75, 3.05) is 16.8 Å². The van der Waals surface area contributed by atoms with Gasteiger partial charge in [0.2, 0.25) is 5.13 Å². The first-order chi connectivity index (χ1) is 12.6. The lowest BCUT2D eigenvalue weighted by Gasteiger charge is -2.19. The second-order valence-electron chi connectivity index (χ2n) is 5.49. The maximum atomic E-state index is 13.4. The average molecular weight is 374 g/mol. The van der Waals surface area contributed by atoms with Crippen molar-refractivity contribution in [3.8, 4) is 10.6 Å². The lowest BCUT2D eigenvalue weighted by molar-refractivity contribution is 0.257. The second-order valence-corrected chi connectivity index (χ2v) is 6.44. The first kappa shape index (κ1) is 17.9. The minimum atomic E-state index is -0.389. The maximum absolute atomic E-state index is 13.4. The normalized spacial score (nSPS) is 10.6. The Hall–Kier alpha value is -2.87. The molecule has 8 heteroatoms. The molecule has 0 bridgehead atoms. The molecule has 26 heavy (non-hydrogen) atoms. The van der Waals surface area contributed by atoms with Gasteiger partial charge in [0.25, 0.3) is 0 Å². The van der Waals surface area contributed by atoms with Gasteiger partial charge < -0.3 is 5.32 Å². The van der Waals surface area contributed by atoms with Gasteiger partial charge in [-0.15, -0.1) is 10.2 Å². The Labute approximate surface area is 153 Å². The van der Waals surface area contributed by atoms with Crippen molar-refractivity contribution >= 4 is 28.2 Å². The van der Waals surface area contributed by atoms with Crippen molar-refractivity contribution < 1.29 is 13.6 Å². The largest absolute Gasteiger partial charge is 0.328 e. The van der Waals surface area contributed by atoms with Gasteiger partial charge in [-0.2, -0.15) is 0 Å². The molecule has 0 atom stereocenters. The van der Waals surface area contributed by atoms with E-state index >= 15 is 0 Å². The summed E-state index contributed by atoms with van der Waals surface area (Å²) < 4.78 is 26.4. The lowest BCUT2D eigenvalue weighted by atomic mass is 10.2. The Morgan fingerprint density at radius 3 is 2.58 bits per heavy atom. The molecule has 1 N–H and O–H groups in total. The van der Waals surface area contributed by atoms with Crippen LogP contribution >= 0.6 is 11.3 Å². The molecule has 0 fully saturated rings. The number of anilines is 2. The third-order valence-corrected chi connectivity index (χ3v) is 4.50. The predicted molar refractivity (Wildman–Crippen MR) is 98.4 cm³/mol. The van der Waals surface area contributed by atoms with E-state index in [1.165, 1.54) is 52.6 Å². The van der Waals surface area contributed by atoms with E-state index in [0.29, 0.717) is 34.4 Å². The summed E-state index contributed by atoms with van der Waals surface area (Å²) in [5.41, 5.74) is 1.08. The molecule has 0 spiro atoms. The zero-order valence-corrected chi connectivity index (χ0v) is 14.8. The number of halogens is 2. The van der Waals surface area contributed by atoms with Gasteiger partial charge in [-0.05, 0) is 42.8 Å². The van der Waals surface area contributed by atoms with Crippen LogP contribution in [0.3, 0.4) is 0 Å². The summed E-state index contributed by atoms with van der Waals surface area (Å²) >= 11 is 1.20. The summed E-state index contributed by atoms with van der Waals surface area (Å²) in [6.45, 7) is 2.37. The van der Waals surface area contributed by atoms with Crippen molar-refractivity contribution in [1.82, 2.24) is 10.2 Å². The molecule has 3 aromatic rings. The summed E-state index contributed by atoms with van der Waals surface area (Å²) in [6.07, 6.45) is 0.714. The van der Waals surface area contributed by atoms with Crippen LogP contribution in [0, 0.1) is 11.6 Å². The molecule has 0 unspecified atom stereocenters. The van der Waals surface area contributed by atoms with Crippen LogP contribution in [-0.2, 0) is 0 Å². The highest BCUT2D eigenvalue weighted by Gasteiger charge is 2.20. The van der Waals surface area contributed by atoms with E-state index in [2.05, 4.69) is 15.5 Å². The number of aromatic nitrogens is 2. The molecule has 3 rings (SSSR count). The second kappa shape index (κ2) is 8.01. The van der Waals surface area contributed by atoms with Crippen molar-refractivity contribution in [1.29, 1.82) is 0 Å². The Kier molecular flexibility index (Phi) is 5.52. The Balaban J connectivity index is 1.81. The number of carbonyl (C=O) groups is 1. The van der Waals surface area contributed by atoms with Crippen LogP contribution in [0.15, 0.2) is 48.5 Å². The third-order valence-electron chi connectivity index (χ3n) is 3.50. The third kappa shape index (κ3) is 4.20. The van der Waals surface area contributed by atoms with Crippen molar-refractivity contribution in [3.63, 3.8) is 0 Å². The molecule has 134 valence electrons. The van der Waals surface area contributed by atoms with Crippen molar-refractivity contribution in [2.45, 2.75) is 13.3 Å².